The van der Waals surface area contributed by atoms with Crippen molar-refractivity contribution in [1.29, 1.82) is 0 Å². The zero-order chi connectivity index (χ0) is 21.4. The number of hydrogen-bond donors (Lipinski definition) is 2. The number of amides is 3. The summed E-state index contributed by atoms with van der Waals surface area (Å²) in [5.41, 5.74) is 7.40. The molecule has 0 aliphatic carbocycles. The Morgan fingerprint density at radius 1 is 1.07 bits per heavy atom. The van der Waals surface area contributed by atoms with E-state index in [1.165, 1.54) is 4.90 Å². The molecule has 2 aromatic carbocycles. The minimum absolute atomic E-state index is 0.0353. The molecular weight excluding hydrogens is 414 g/mol. The minimum Gasteiger partial charge on any atom is -0.365 e. The van der Waals surface area contributed by atoms with Crippen LogP contribution < -0.4 is 11.1 Å². The Bertz CT molecular complexity index is 1150. The molecule has 0 spiro atoms. The molecule has 3 aromatic rings. The Kier molecular flexibility index (Phi) is 5.17. The summed E-state index contributed by atoms with van der Waals surface area (Å²) in [4.78, 5) is 26.1. The van der Waals surface area contributed by atoms with Gasteiger partial charge in [0.1, 0.15) is 11.6 Å². The first kappa shape index (κ1) is 19.9. The van der Waals surface area contributed by atoms with Crippen molar-refractivity contribution in [2.75, 3.05) is 11.9 Å². The second-order valence-corrected chi connectivity index (χ2v) is 7.22. The molecule has 6 nitrogen and oxygen atoms in total. The zero-order valence-electron chi connectivity index (χ0n) is 15.7. The standard InChI is InChI=1S/C21H17ClF2N4O2/c22-18-17(20(25)29)16-11-27(21(30)26-15-10-13(23)6-7-14(15)24)8-9-28(16)19(18)12-4-2-1-3-5-12/h1-7,10H,8-9,11H2,(H2,25,29)(H,26,30). The van der Waals surface area contributed by atoms with Gasteiger partial charge in [-0.2, -0.15) is 0 Å². The fourth-order valence-corrected chi connectivity index (χ4v) is 4.03. The van der Waals surface area contributed by atoms with Crippen molar-refractivity contribution in [3.63, 3.8) is 0 Å². The molecule has 0 atom stereocenters. The number of primary amides is 1. The summed E-state index contributed by atoms with van der Waals surface area (Å²) in [5, 5.41) is 2.59. The number of carbonyl (C=O) groups excluding carboxylic acids is 2. The van der Waals surface area contributed by atoms with Crippen molar-refractivity contribution in [3.05, 3.63) is 76.4 Å². The van der Waals surface area contributed by atoms with Crippen LogP contribution >= 0.6 is 11.6 Å². The number of urea groups is 1. The molecule has 154 valence electrons. The van der Waals surface area contributed by atoms with Crippen LogP contribution in [0.3, 0.4) is 0 Å². The first-order valence-electron chi connectivity index (χ1n) is 9.14. The zero-order valence-corrected chi connectivity index (χ0v) is 16.4. The van der Waals surface area contributed by atoms with Gasteiger partial charge < -0.3 is 20.5 Å². The fraction of sp³-hybridized carbons (Fsp3) is 0.143. The molecule has 0 fully saturated rings. The third-order valence-corrected chi connectivity index (χ3v) is 5.36. The molecule has 1 aliphatic rings. The lowest BCUT2D eigenvalue weighted by Crippen LogP contribution is -2.41. The van der Waals surface area contributed by atoms with Crippen molar-refractivity contribution < 1.29 is 18.4 Å². The van der Waals surface area contributed by atoms with Gasteiger partial charge in [-0.15, -0.1) is 0 Å². The molecule has 0 bridgehead atoms. The summed E-state index contributed by atoms with van der Waals surface area (Å²) >= 11 is 6.51. The summed E-state index contributed by atoms with van der Waals surface area (Å²) in [6, 6.07) is 11.5. The molecule has 0 unspecified atom stereocenters. The topological polar surface area (TPSA) is 80.4 Å². The Labute approximate surface area is 175 Å². The van der Waals surface area contributed by atoms with E-state index in [4.69, 9.17) is 17.3 Å². The number of aromatic nitrogens is 1. The first-order chi connectivity index (χ1) is 14.4. The molecule has 3 N–H and O–H groups in total. The summed E-state index contributed by atoms with van der Waals surface area (Å²) < 4.78 is 29.1. The van der Waals surface area contributed by atoms with Crippen molar-refractivity contribution in [2.45, 2.75) is 13.1 Å². The highest BCUT2D eigenvalue weighted by Gasteiger charge is 2.31. The van der Waals surface area contributed by atoms with Crippen molar-refractivity contribution in [3.8, 4) is 11.3 Å². The van der Waals surface area contributed by atoms with Crippen LogP contribution in [-0.2, 0) is 13.1 Å². The molecule has 2 heterocycles. The van der Waals surface area contributed by atoms with Crippen LogP contribution in [0.5, 0.6) is 0 Å². The van der Waals surface area contributed by atoms with Crippen LogP contribution in [0, 0.1) is 11.6 Å². The molecule has 30 heavy (non-hydrogen) atoms. The van der Waals surface area contributed by atoms with E-state index in [0.29, 0.717) is 17.9 Å². The smallest absolute Gasteiger partial charge is 0.322 e. The van der Waals surface area contributed by atoms with Gasteiger partial charge in [-0.05, 0) is 17.7 Å². The Morgan fingerprint density at radius 2 is 1.80 bits per heavy atom. The van der Waals surface area contributed by atoms with E-state index in [2.05, 4.69) is 5.32 Å². The van der Waals surface area contributed by atoms with E-state index >= 15 is 0 Å². The van der Waals surface area contributed by atoms with Crippen LogP contribution in [0.4, 0.5) is 19.3 Å². The Morgan fingerprint density at radius 3 is 2.50 bits per heavy atom. The number of halogens is 3. The molecule has 9 heteroatoms. The quantitative estimate of drug-likeness (QED) is 0.652. The number of fused-ring (bicyclic) bond motifs is 1. The molecule has 1 aliphatic heterocycles. The van der Waals surface area contributed by atoms with Crippen molar-refractivity contribution >= 4 is 29.2 Å². The third kappa shape index (κ3) is 3.50. The first-order valence-corrected chi connectivity index (χ1v) is 9.51. The van der Waals surface area contributed by atoms with Crippen LogP contribution in [0.2, 0.25) is 5.02 Å². The summed E-state index contributed by atoms with van der Waals surface area (Å²) in [6.07, 6.45) is 0. The van der Waals surface area contributed by atoms with Gasteiger partial charge in [-0.1, -0.05) is 41.9 Å². The van der Waals surface area contributed by atoms with Gasteiger partial charge in [-0.3, -0.25) is 4.79 Å². The second-order valence-electron chi connectivity index (χ2n) is 6.84. The van der Waals surface area contributed by atoms with Gasteiger partial charge in [0, 0.05) is 19.2 Å². The average molecular weight is 431 g/mol. The predicted molar refractivity (Wildman–Crippen MR) is 109 cm³/mol. The van der Waals surface area contributed by atoms with Gasteiger partial charge in [-0.25, -0.2) is 13.6 Å². The SMILES string of the molecule is NC(=O)c1c(Cl)c(-c2ccccc2)n2c1CN(C(=O)Nc1cc(F)ccc1F)CC2. The minimum atomic E-state index is -0.752. The molecule has 4 rings (SSSR count). The molecular formula is C21H17ClF2N4O2. The molecule has 0 saturated carbocycles. The molecule has 3 amide bonds. The summed E-state index contributed by atoms with van der Waals surface area (Å²) in [6.45, 7) is 0.665. The number of nitrogens with two attached hydrogens (primary N) is 1. The monoisotopic (exact) mass is 430 g/mol. The van der Waals surface area contributed by atoms with E-state index in [9.17, 15) is 18.4 Å². The highest BCUT2D eigenvalue weighted by molar-refractivity contribution is 6.36. The summed E-state index contributed by atoms with van der Waals surface area (Å²) in [5.74, 6) is -2.13. The average Bonchev–Trinajstić information content (AvgIpc) is 3.02. The van der Waals surface area contributed by atoms with E-state index in [1.54, 1.807) is 0 Å². The third-order valence-electron chi connectivity index (χ3n) is 5.00. The molecule has 0 radical (unpaired) electrons. The van der Waals surface area contributed by atoms with Crippen molar-refractivity contribution in [1.82, 2.24) is 9.47 Å². The fourth-order valence-electron chi connectivity index (χ4n) is 3.62. The maximum absolute atomic E-state index is 13.9. The van der Waals surface area contributed by atoms with Gasteiger partial charge >= 0.3 is 6.03 Å². The van der Waals surface area contributed by atoms with E-state index in [1.807, 2.05) is 34.9 Å². The van der Waals surface area contributed by atoms with Crippen LogP contribution in [0.25, 0.3) is 11.3 Å². The highest BCUT2D eigenvalue weighted by atomic mass is 35.5. The van der Waals surface area contributed by atoms with Gasteiger partial charge in [0.2, 0.25) is 0 Å². The lowest BCUT2D eigenvalue weighted by molar-refractivity contribution is 0.0997. The van der Waals surface area contributed by atoms with E-state index in [0.717, 1.165) is 23.8 Å². The number of nitrogens with zero attached hydrogens (tertiary/aromatic N) is 2. The summed E-state index contributed by atoms with van der Waals surface area (Å²) in [7, 11) is 0. The van der Waals surface area contributed by atoms with Crippen LogP contribution in [-0.4, -0.2) is 28.0 Å². The maximum Gasteiger partial charge on any atom is 0.322 e. The Hall–Kier alpha value is -3.39. The predicted octanol–water partition coefficient (Wildman–Crippen LogP) is 4.23. The van der Waals surface area contributed by atoms with Crippen molar-refractivity contribution in [2.24, 2.45) is 5.73 Å². The molecule has 1 aromatic heterocycles. The number of nitrogens with one attached hydrogen (secondary N) is 1. The van der Waals surface area contributed by atoms with Gasteiger partial charge in [0.05, 0.1) is 34.2 Å². The van der Waals surface area contributed by atoms with E-state index in [-0.39, 0.29) is 29.4 Å². The highest BCUT2D eigenvalue weighted by Crippen LogP contribution is 2.37. The van der Waals surface area contributed by atoms with Gasteiger partial charge in [0.15, 0.2) is 0 Å². The second kappa shape index (κ2) is 7.79. The normalized spacial score (nSPS) is 13.1. The van der Waals surface area contributed by atoms with E-state index < -0.39 is 23.6 Å². The largest absolute Gasteiger partial charge is 0.365 e. The number of carbonyl (C=O) groups is 2. The van der Waals surface area contributed by atoms with Gasteiger partial charge in [0.25, 0.3) is 5.91 Å². The number of hydrogen-bond acceptors (Lipinski definition) is 2. The number of rotatable bonds is 3. The number of anilines is 1. The lowest BCUT2D eigenvalue weighted by Gasteiger charge is -2.30. The lowest BCUT2D eigenvalue weighted by atomic mass is 10.1. The number of benzene rings is 2. The van der Waals surface area contributed by atoms with Crippen LogP contribution in [0.1, 0.15) is 16.1 Å². The Balaban J connectivity index is 1.67. The maximum atomic E-state index is 13.9. The molecule has 0 saturated heterocycles. The van der Waals surface area contributed by atoms with Crippen LogP contribution in [0.15, 0.2) is 48.5 Å².